The van der Waals surface area contributed by atoms with Gasteiger partial charge in [0.05, 0.1) is 0 Å². The standard InChI is InChI=1S/C7H15N.C5H9N.C2H6/c1-7-3-5-8(2)6-4-7;1-6-4-2-3-5-6;1-2/h7H,3-6H2,1-2H3;2,4H,3,5H2,1H3;1-2H3. The molecule has 0 aliphatic carbocycles. The lowest BCUT2D eigenvalue weighted by molar-refractivity contribution is 0.230. The Morgan fingerprint density at radius 1 is 1.00 bits per heavy atom. The minimum Gasteiger partial charge on any atom is -0.380 e. The molecule has 2 heterocycles. The minimum atomic E-state index is 0.978. The Labute approximate surface area is 102 Å². The predicted molar refractivity (Wildman–Crippen MR) is 73.6 cm³/mol. The molecule has 2 heteroatoms. The van der Waals surface area contributed by atoms with E-state index in [1.54, 1.807) is 0 Å². The van der Waals surface area contributed by atoms with Crippen molar-refractivity contribution < 1.29 is 0 Å². The van der Waals surface area contributed by atoms with Gasteiger partial charge in [-0.3, -0.25) is 0 Å². The van der Waals surface area contributed by atoms with E-state index >= 15 is 0 Å². The monoisotopic (exact) mass is 226 g/mol. The molecular weight excluding hydrogens is 196 g/mol. The fourth-order valence-corrected chi connectivity index (χ4v) is 1.74. The predicted octanol–water partition coefficient (Wildman–Crippen LogP) is 3.21. The minimum absolute atomic E-state index is 0.978. The SMILES string of the molecule is CC.CC1CCN(C)CC1.CN1C=CCC1. The summed E-state index contributed by atoms with van der Waals surface area (Å²) in [6.45, 7) is 10.2. The number of rotatable bonds is 0. The van der Waals surface area contributed by atoms with Gasteiger partial charge in [-0.15, -0.1) is 0 Å². The molecule has 0 saturated carbocycles. The summed E-state index contributed by atoms with van der Waals surface area (Å²) < 4.78 is 0. The third-order valence-corrected chi connectivity index (χ3v) is 3.02. The van der Waals surface area contributed by atoms with E-state index in [4.69, 9.17) is 0 Å². The molecule has 2 aliphatic heterocycles. The number of nitrogens with zero attached hydrogens (tertiary/aromatic N) is 2. The van der Waals surface area contributed by atoms with Crippen LogP contribution < -0.4 is 0 Å². The van der Waals surface area contributed by atoms with Crippen molar-refractivity contribution in [3.05, 3.63) is 12.3 Å². The summed E-state index contributed by atoms with van der Waals surface area (Å²) in [6.07, 6.45) is 8.32. The molecule has 0 unspecified atom stereocenters. The normalized spacial score (nSPS) is 20.9. The zero-order valence-corrected chi connectivity index (χ0v) is 11.9. The molecule has 0 aromatic rings. The van der Waals surface area contributed by atoms with Gasteiger partial charge in [0.1, 0.15) is 0 Å². The highest BCUT2D eigenvalue weighted by Gasteiger charge is 2.10. The van der Waals surface area contributed by atoms with E-state index in [2.05, 4.69) is 43.1 Å². The summed E-state index contributed by atoms with van der Waals surface area (Å²) in [4.78, 5) is 4.58. The zero-order valence-electron chi connectivity index (χ0n) is 11.9. The van der Waals surface area contributed by atoms with Gasteiger partial charge in [-0.05, 0) is 51.5 Å². The number of likely N-dealkylation sites (tertiary alicyclic amines) is 1. The van der Waals surface area contributed by atoms with Crippen molar-refractivity contribution in [2.24, 2.45) is 5.92 Å². The van der Waals surface area contributed by atoms with Gasteiger partial charge in [-0.1, -0.05) is 26.8 Å². The van der Waals surface area contributed by atoms with Crippen LogP contribution in [0.4, 0.5) is 0 Å². The van der Waals surface area contributed by atoms with Crippen LogP contribution in [0.5, 0.6) is 0 Å². The Bertz CT molecular complexity index is 160. The average Bonchev–Trinajstić information content (AvgIpc) is 2.77. The molecular formula is C14H30N2. The Morgan fingerprint density at radius 2 is 1.56 bits per heavy atom. The van der Waals surface area contributed by atoms with Gasteiger partial charge < -0.3 is 9.80 Å². The van der Waals surface area contributed by atoms with Crippen molar-refractivity contribution in [2.45, 2.75) is 40.0 Å². The van der Waals surface area contributed by atoms with E-state index in [0.717, 1.165) is 5.92 Å². The molecule has 0 aromatic carbocycles. The summed E-state index contributed by atoms with van der Waals surface area (Å²) in [5, 5.41) is 0. The second-order valence-electron chi connectivity index (χ2n) is 4.64. The Balaban J connectivity index is 0.000000251. The molecule has 2 aliphatic rings. The number of piperidine rings is 1. The van der Waals surface area contributed by atoms with E-state index in [-0.39, 0.29) is 0 Å². The van der Waals surface area contributed by atoms with Gasteiger partial charge in [0, 0.05) is 13.6 Å². The maximum absolute atomic E-state index is 2.40. The van der Waals surface area contributed by atoms with Crippen molar-refractivity contribution >= 4 is 0 Å². The van der Waals surface area contributed by atoms with Crippen molar-refractivity contribution in [1.29, 1.82) is 0 Å². The number of hydrogen-bond acceptors (Lipinski definition) is 2. The molecule has 0 amide bonds. The third kappa shape index (κ3) is 7.75. The summed E-state index contributed by atoms with van der Waals surface area (Å²) in [7, 11) is 4.29. The first-order valence-corrected chi connectivity index (χ1v) is 6.74. The maximum Gasteiger partial charge on any atom is 0.0204 e. The highest BCUT2D eigenvalue weighted by Crippen LogP contribution is 2.13. The molecule has 1 saturated heterocycles. The quantitative estimate of drug-likeness (QED) is 0.626. The van der Waals surface area contributed by atoms with Gasteiger partial charge in [0.25, 0.3) is 0 Å². The summed E-state index contributed by atoms with van der Waals surface area (Å²) >= 11 is 0. The second-order valence-corrected chi connectivity index (χ2v) is 4.64. The molecule has 0 atom stereocenters. The van der Waals surface area contributed by atoms with Gasteiger partial charge >= 0.3 is 0 Å². The van der Waals surface area contributed by atoms with E-state index in [1.165, 1.54) is 38.9 Å². The Morgan fingerprint density at radius 3 is 1.81 bits per heavy atom. The summed E-state index contributed by atoms with van der Waals surface area (Å²) in [6, 6.07) is 0. The average molecular weight is 226 g/mol. The van der Waals surface area contributed by atoms with E-state index in [9.17, 15) is 0 Å². The highest BCUT2D eigenvalue weighted by molar-refractivity contribution is 4.88. The first-order chi connectivity index (χ1) is 7.68. The van der Waals surface area contributed by atoms with Crippen LogP contribution >= 0.6 is 0 Å². The molecule has 0 aromatic heterocycles. The van der Waals surface area contributed by atoms with Crippen molar-refractivity contribution in [2.75, 3.05) is 33.7 Å². The maximum atomic E-state index is 2.40. The molecule has 0 N–H and O–H groups in total. The molecule has 0 spiro atoms. The molecule has 2 rings (SSSR count). The fourth-order valence-electron chi connectivity index (χ4n) is 1.74. The van der Waals surface area contributed by atoms with Crippen molar-refractivity contribution in [3.63, 3.8) is 0 Å². The molecule has 96 valence electrons. The molecule has 0 bridgehead atoms. The van der Waals surface area contributed by atoms with Gasteiger partial charge in [-0.2, -0.15) is 0 Å². The fraction of sp³-hybridized carbons (Fsp3) is 0.857. The Hall–Kier alpha value is -0.500. The van der Waals surface area contributed by atoms with Crippen LogP contribution in [0.3, 0.4) is 0 Å². The van der Waals surface area contributed by atoms with Crippen LogP contribution in [0.15, 0.2) is 12.3 Å². The van der Waals surface area contributed by atoms with Crippen LogP contribution in [0, 0.1) is 5.92 Å². The lowest BCUT2D eigenvalue weighted by Gasteiger charge is -2.26. The van der Waals surface area contributed by atoms with Gasteiger partial charge in [0.15, 0.2) is 0 Å². The van der Waals surface area contributed by atoms with Crippen molar-refractivity contribution in [3.8, 4) is 0 Å². The molecule has 16 heavy (non-hydrogen) atoms. The number of hydrogen-bond donors (Lipinski definition) is 0. The largest absolute Gasteiger partial charge is 0.380 e. The second kappa shape index (κ2) is 9.71. The lowest BCUT2D eigenvalue weighted by Crippen LogP contribution is -2.28. The first kappa shape index (κ1) is 15.5. The first-order valence-electron chi connectivity index (χ1n) is 6.74. The summed E-state index contributed by atoms with van der Waals surface area (Å²) in [5.41, 5.74) is 0. The van der Waals surface area contributed by atoms with Crippen LogP contribution in [0.25, 0.3) is 0 Å². The third-order valence-electron chi connectivity index (χ3n) is 3.02. The molecule has 0 radical (unpaired) electrons. The summed E-state index contributed by atoms with van der Waals surface area (Å²) in [5.74, 6) is 0.978. The van der Waals surface area contributed by atoms with Crippen molar-refractivity contribution in [1.82, 2.24) is 9.80 Å². The van der Waals surface area contributed by atoms with E-state index < -0.39 is 0 Å². The van der Waals surface area contributed by atoms with Crippen LogP contribution in [0.2, 0.25) is 0 Å². The molecule has 2 nitrogen and oxygen atoms in total. The highest BCUT2D eigenvalue weighted by atomic mass is 15.1. The van der Waals surface area contributed by atoms with Crippen LogP contribution in [-0.4, -0.2) is 43.5 Å². The van der Waals surface area contributed by atoms with Crippen LogP contribution in [-0.2, 0) is 0 Å². The Kier molecular flexibility index (Phi) is 9.40. The topological polar surface area (TPSA) is 6.48 Å². The lowest BCUT2D eigenvalue weighted by atomic mass is 10.00. The smallest absolute Gasteiger partial charge is 0.0204 e. The molecule has 1 fully saturated rings. The van der Waals surface area contributed by atoms with E-state index in [1.807, 2.05) is 13.8 Å². The van der Waals surface area contributed by atoms with Crippen LogP contribution in [0.1, 0.15) is 40.0 Å². The van der Waals surface area contributed by atoms with Gasteiger partial charge in [-0.25, -0.2) is 0 Å². The van der Waals surface area contributed by atoms with Gasteiger partial charge in [0.2, 0.25) is 0 Å². The van der Waals surface area contributed by atoms with E-state index in [0.29, 0.717) is 0 Å². The zero-order chi connectivity index (χ0) is 12.4.